The SMILES string of the molecule is Cc1cn2nc(NC(C)c3cccc(Cl)c3)sc2n1. The highest BCUT2D eigenvalue weighted by Gasteiger charge is 2.10. The van der Waals surface area contributed by atoms with Gasteiger partial charge in [0.05, 0.1) is 17.9 Å². The van der Waals surface area contributed by atoms with Crippen LogP contribution in [0.15, 0.2) is 30.5 Å². The van der Waals surface area contributed by atoms with E-state index in [1.807, 2.05) is 37.4 Å². The number of nitrogens with one attached hydrogen (secondary N) is 1. The van der Waals surface area contributed by atoms with Gasteiger partial charge in [-0.15, -0.1) is 5.10 Å². The van der Waals surface area contributed by atoms with E-state index in [0.717, 1.165) is 26.4 Å². The average Bonchev–Trinajstić information content (AvgIpc) is 2.85. The van der Waals surface area contributed by atoms with Gasteiger partial charge in [0.1, 0.15) is 0 Å². The maximum Gasteiger partial charge on any atom is 0.214 e. The number of imidazole rings is 1. The van der Waals surface area contributed by atoms with E-state index in [9.17, 15) is 0 Å². The lowest BCUT2D eigenvalue weighted by Crippen LogP contribution is -2.06. The Morgan fingerprint density at radius 1 is 1.42 bits per heavy atom. The Labute approximate surface area is 120 Å². The van der Waals surface area contributed by atoms with E-state index in [2.05, 4.69) is 22.3 Å². The first kappa shape index (κ1) is 12.4. The standard InChI is InChI=1S/C13H13ClN4S/c1-8-7-18-13(15-8)19-12(17-18)16-9(2)10-4-3-5-11(14)6-10/h3-7,9H,1-2H3,(H,16,17). The number of halogens is 1. The van der Waals surface area contributed by atoms with Gasteiger partial charge in [-0.25, -0.2) is 9.50 Å². The van der Waals surface area contributed by atoms with E-state index < -0.39 is 0 Å². The Balaban J connectivity index is 1.82. The third-order valence-electron chi connectivity index (χ3n) is 2.85. The van der Waals surface area contributed by atoms with Crippen molar-refractivity contribution >= 4 is 33.0 Å². The summed E-state index contributed by atoms with van der Waals surface area (Å²) in [7, 11) is 0. The fourth-order valence-electron chi connectivity index (χ4n) is 1.91. The molecule has 19 heavy (non-hydrogen) atoms. The Bertz CT molecular complexity index is 687. The normalized spacial score (nSPS) is 12.8. The van der Waals surface area contributed by atoms with Gasteiger partial charge in [0.2, 0.25) is 10.1 Å². The summed E-state index contributed by atoms with van der Waals surface area (Å²) in [6.45, 7) is 4.05. The van der Waals surface area contributed by atoms with Crippen LogP contribution >= 0.6 is 22.9 Å². The predicted molar refractivity (Wildman–Crippen MR) is 79.1 cm³/mol. The first-order valence-corrected chi connectivity index (χ1v) is 7.16. The Hall–Kier alpha value is -1.59. The van der Waals surface area contributed by atoms with Crippen LogP contribution in [0.4, 0.5) is 5.13 Å². The van der Waals surface area contributed by atoms with Crippen LogP contribution in [0.2, 0.25) is 5.02 Å². The third-order valence-corrected chi connectivity index (χ3v) is 3.94. The zero-order chi connectivity index (χ0) is 13.4. The number of aromatic nitrogens is 3. The van der Waals surface area contributed by atoms with Gasteiger partial charge in [0.25, 0.3) is 0 Å². The van der Waals surface area contributed by atoms with Crippen LogP contribution in [0.1, 0.15) is 24.2 Å². The fourth-order valence-corrected chi connectivity index (χ4v) is 3.02. The second-order valence-corrected chi connectivity index (χ2v) is 5.83. The molecule has 6 heteroatoms. The molecule has 1 unspecified atom stereocenters. The molecule has 1 atom stereocenters. The van der Waals surface area contributed by atoms with Gasteiger partial charge in [-0.2, -0.15) is 0 Å². The molecule has 0 saturated heterocycles. The average molecular weight is 293 g/mol. The van der Waals surface area contributed by atoms with Crippen molar-refractivity contribution in [2.24, 2.45) is 0 Å². The topological polar surface area (TPSA) is 42.2 Å². The number of aryl methyl sites for hydroxylation is 1. The van der Waals surface area contributed by atoms with E-state index in [0.29, 0.717) is 0 Å². The quantitative estimate of drug-likeness (QED) is 0.795. The summed E-state index contributed by atoms with van der Waals surface area (Å²) in [5.41, 5.74) is 2.12. The van der Waals surface area contributed by atoms with Crippen molar-refractivity contribution in [2.45, 2.75) is 19.9 Å². The second kappa shape index (κ2) is 4.83. The molecule has 3 rings (SSSR count). The highest BCUT2D eigenvalue weighted by molar-refractivity contribution is 7.20. The number of hydrogen-bond acceptors (Lipinski definition) is 4. The highest BCUT2D eigenvalue weighted by atomic mass is 35.5. The van der Waals surface area contributed by atoms with Crippen molar-refractivity contribution in [1.82, 2.24) is 14.6 Å². The van der Waals surface area contributed by atoms with Crippen molar-refractivity contribution in [3.05, 3.63) is 46.7 Å². The van der Waals surface area contributed by atoms with Crippen molar-refractivity contribution in [2.75, 3.05) is 5.32 Å². The molecule has 0 amide bonds. The lowest BCUT2D eigenvalue weighted by atomic mass is 10.1. The third kappa shape index (κ3) is 2.57. The summed E-state index contributed by atoms with van der Waals surface area (Å²) in [4.78, 5) is 5.29. The molecule has 0 fully saturated rings. The summed E-state index contributed by atoms with van der Waals surface area (Å²) in [6, 6.07) is 7.98. The van der Waals surface area contributed by atoms with Crippen molar-refractivity contribution in [1.29, 1.82) is 0 Å². The van der Waals surface area contributed by atoms with E-state index in [-0.39, 0.29) is 6.04 Å². The van der Waals surface area contributed by atoms with Crippen LogP contribution in [-0.4, -0.2) is 14.6 Å². The van der Waals surface area contributed by atoms with Crippen molar-refractivity contribution < 1.29 is 0 Å². The smallest absolute Gasteiger partial charge is 0.214 e. The van der Waals surface area contributed by atoms with Gasteiger partial charge in [0, 0.05) is 5.02 Å². The number of benzene rings is 1. The molecule has 0 aliphatic carbocycles. The number of fused-ring (bicyclic) bond motifs is 1. The summed E-state index contributed by atoms with van der Waals surface area (Å²) in [5, 5.41) is 9.42. The molecular formula is C13H13ClN4S. The number of nitrogens with zero attached hydrogens (tertiary/aromatic N) is 3. The zero-order valence-corrected chi connectivity index (χ0v) is 12.2. The molecule has 0 aliphatic rings. The maximum absolute atomic E-state index is 6.00. The van der Waals surface area contributed by atoms with Gasteiger partial charge in [-0.1, -0.05) is 35.1 Å². The predicted octanol–water partition coefficient (Wildman–Crippen LogP) is 3.93. The summed E-state index contributed by atoms with van der Waals surface area (Å²) >= 11 is 7.54. The van der Waals surface area contributed by atoms with Crippen LogP contribution in [0, 0.1) is 6.92 Å². The molecule has 0 spiro atoms. The van der Waals surface area contributed by atoms with Crippen LogP contribution < -0.4 is 5.32 Å². The van der Waals surface area contributed by atoms with Crippen molar-refractivity contribution in [3.8, 4) is 0 Å². The largest absolute Gasteiger partial charge is 0.354 e. The monoisotopic (exact) mass is 292 g/mol. The Morgan fingerprint density at radius 2 is 2.26 bits per heavy atom. The van der Waals surface area contributed by atoms with Gasteiger partial charge in [0.15, 0.2) is 0 Å². The second-order valence-electron chi connectivity index (χ2n) is 4.44. The summed E-state index contributed by atoms with van der Waals surface area (Å²) < 4.78 is 1.80. The zero-order valence-electron chi connectivity index (χ0n) is 10.6. The first-order valence-electron chi connectivity index (χ1n) is 5.96. The van der Waals surface area contributed by atoms with Gasteiger partial charge < -0.3 is 5.32 Å². The van der Waals surface area contributed by atoms with Gasteiger partial charge in [-0.3, -0.25) is 0 Å². The minimum Gasteiger partial charge on any atom is -0.354 e. The van der Waals surface area contributed by atoms with Crippen molar-refractivity contribution in [3.63, 3.8) is 0 Å². The van der Waals surface area contributed by atoms with Crippen LogP contribution in [0.25, 0.3) is 4.96 Å². The molecule has 0 bridgehead atoms. The molecule has 3 aromatic rings. The lowest BCUT2D eigenvalue weighted by molar-refractivity contribution is 0.863. The van der Waals surface area contributed by atoms with Crippen LogP contribution in [0.3, 0.4) is 0 Å². The molecule has 1 aromatic carbocycles. The Morgan fingerprint density at radius 3 is 3.00 bits per heavy atom. The summed E-state index contributed by atoms with van der Waals surface area (Å²) in [6.07, 6.45) is 1.92. The molecule has 1 N–H and O–H groups in total. The highest BCUT2D eigenvalue weighted by Crippen LogP contribution is 2.25. The van der Waals surface area contributed by atoms with Gasteiger partial charge >= 0.3 is 0 Å². The molecule has 2 aromatic heterocycles. The number of hydrogen-bond donors (Lipinski definition) is 1. The van der Waals surface area contributed by atoms with E-state index in [1.54, 1.807) is 15.9 Å². The van der Waals surface area contributed by atoms with E-state index in [4.69, 9.17) is 11.6 Å². The summed E-state index contributed by atoms with van der Waals surface area (Å²) in [5.74, 6) is 0. The van der Waals surface area contributed by atoms with Gasteiger partial charge in [-0.05, 0) is 31.5 Å². The van der Waals surface area contributed by atoms with E-state index in [1.165, 1.54) is 0 Å². The minimum atomic E-state index is 0.149. The number of anilines is 1. The lowest BCUT2D eigenvalue weighted by Gasteiger charge is -2.12. The first-order chi connectivity index (χ1) is 9.11. The molecule has 0 radical (unpaired) electrons. The molecule has 2 heterocycles. The molecule has 0 saturated carbocycles. The fraction of sp³-hybridized carbons (Fsp3) is 0.231. The maximum atomic E-state index is 6.00. The Kier molecular flexibility index (Phi) is 3.16. The number of rotatable bonds is 3. The van der Waals surface area contributed by atoms with Crippen LogP contribution in [0.5, 0.6) is 0 Å². The minimum absolute atomic E-state index is 0.149. The molecule has 0 aliphatic heterocycles. The van der Waals surface area contributed by atoms with Crippen LogP contribution in [-0.2, 0) is 0 Å². The molecule has 98 valence electrons. The molecule has 4 nitrogen and oxygen atoms in total. The molecular weight excluding hydrogens is 280 g/mol. The van der Waals surface area contributed by atoms with E-state index >= 15 is 0 Å².